The monoisotopic (exact) mass is 454 g/mol. The van der Waals surface area contributed by atoms with Gasteiger partial charge in [-0.2, -0.15) is 0 Å². The highest BCUT2D eigenvalue weighted by atomic mass is 19.3. The largest absolute Gasteiger partial charge is 0.446 e. The molecule has 5 atom stereocenters. The molecular weight excluding hydrogens is 418 g/mol. The maximum Gasteiger partial charge on any atom is 0.410 e. The summed E-state index contributed by atoms with van der Waals surface area (Å²) < 4.78 is 43.2. The minimum atomic E-state index is -2.30. The molecule has 4 saturated heterocycles. The standard InChI is InChI=1S/C24H36F2N2O4/c1-16(2)4-5-19-22(3,32-19)18-10-17(6-7-24(18)15-30-24)31-21(29)28-9-8-23(14-28)12-27(13-23)11-20(25)26/h4,17-20H,5-15H2,1-3H3/t17?,18?,19-,22-,24?/m1/s1. The van der Waals surface area contributed by atoms with E-state index in [1.807, 2.05) is 0 Å². The van der Waals surface area contributed by atoms with Crippen LogP contribution in [0.4, 0.5) is 13.6 Å². The van der Waals surface area contributed by atoms with E-state index in [9.17, 15) is 13.6 Å². The number of hydrogen-bond acceptors (Lipinski definition) is 5. The van der Waals surface area contributed by atoms with Crippen LogP contribution >= 0.6 is 0 Å². The van der Waals surface area contributed by atoms with Crippen molar-refractivity contribution in [3.8, 4) is 0 Å². The molecular formula is C24H36F2N2O4. The van der Waals surface area contributed by atoms with E-state index in [0.29, 0.717) is 26.2 Å². The Morgan fingerprint density at radius 3 is 2.66 bits per heavy atom. The van der Waals surface area contributed by atoms with Crippen molar-refractivity contribution in [2.24, 2.45) is 11.3 Å². The maximum absolute atomic E-state index is 12.9. The van der Waals surface area contributed by atoms with E-state index in [1.54, 1.807) is 9.80 Å². The SMILES string of the molecule is CC(C)=CC[C@H]1O[C@]1(C)C1CC(OC(=O)N2CCC3(CN(CC(F)F)C3)C2)CCC12CO2. The molecule has 3 unspecified atom stereocenters. The smallest absolute Gasteiger partial charge is 0.410 e. The molecule has 0 aromatic carbocycles. The Balaban J connectivity index is 1.14. The third-order valence-electron chi connectivity index (χ3n) is 8.43. The number of carbonyl (C=O) groups is 1. The van der Waals surface area contributed by atoms with Gasteiger partial charge in [-0.3, -0.25) is 4.90 Å². The molecule has 180 valence electrons. The van der Waals surface area contributed by atoms with Crippen molar-refractivity contribution in [1.29, 1.82) is 0 Å². The molecule has 8 heteroatoms. The molecule has 1 aliphatic carbocycles. The summed E-state index contributed by atoms with van der Waals surface area (Å²) in [5, 5.41) is 0. The van der Waals surface area contributed by atoms with Gasteiger partial charge in [0.05, 0.1) is 30.5 Å². The first kappa shape index (κ1) is 22.5. The van der Waals surface area contributed by atoms with Gasteiger partial charge in [0.1, 0.15) is 6.10 Å². The molecule has 1 saturated carbocycles. The minimum Gasteiger partial charge on any atom is -0.446 e. The molecule has 0 N–H and O–H groups in total. The van der Waals surface area contributed by atoms with E-state index < -0.39 is 6.43 Å². The highest BCUT2D eigenvalue weighted by molar-refractivity contribution is 5.68. The normalized spacial score (nSPS) is 39.9. The number of ether oxygens (including phenoxy) is 3. The van der Waals surface area contributed by atoms with Gasteiger partial charge in [-0.25, -0.2) is 13.6 Å². The molecule has 0 aromatic rings. The first-order valence-electron chi connectivity index (χ1n) is 12.0. The van der Waals surface area contributed by atoms with Crippen LogP contribution in [0, 0.1) is 11.3 Å². The Morgan fingerprint density at radius 2 is 2.00 bits per heavy atom. The molecule has 5 rings (SSSR count). The average Bonchev–Trinajstić information content (AvgIpc) is 3.56. The lowest BCUT2D eigenvalue weighted by atomic mass is 9.70. The predicted octanol–water partition coefficient (Wildman–Crippen LogP) is 3.85. The summed E-state index contributed by atoms with van der Waals surface area (Å²) in [6.07, 6.45) is 4.01. The summed E-state index contributed by atoms with van der Waals surface area (Å²) in [4.78, 5) is 16.4. The number of nitrogens with zero attached hydrogens (tertiary/aromatic N) is 2. The van der Waals surface area contributed by atoms with Crippen molar-refractivity contribution in [3.63, 3.8) is 0 Å². The van der Waals surface area contributed by atoms with Crippen LogP contribution in [0.2, 0.25) is 0 Å². The number of likely N-dealkylation sites (tertiary alicyclic amines) is 2. The van der Waals surface area contributed by atoms with E-state index >= 15 is 0 Å². The molecule has 5 fully saturated rings. The van der Waals surface area contributed by atoms with Crippen LogP contribution < -0.4 is 0 Å². The Labute approximate surface area is 189 Å². The van der Waals surface area contributed by atoms with Gasteiger partial charge in [0.2, 0.25) is 0 Å². The van der Waals surface area contributed by atoms with Crippen molar-refractivity contribution in [3.05, 3.63) is 11.6 Å². The predicted molar refractivity (Wildman–Crippen MR) is 115 cm³/mol. The fraction of sp³-hybridized carbons (Fsp3) is 0.875. The number of amides is 1. The Morgan fingerprint density at radius 1 is 1.25 bits per heavy atom. The second-order valence-electron chi connectivity index (χ2n) is 11.2. The highest BCUT2D eigenvalue weighted by Gasteiger charge is 2.68. The van der Waals surface area contributed by atoms with Crippen LogP contribution in [-0.4, -0.2) is 85.1 Å². The van der Waals surface area contributed by atoms with Gasteiger partial charge >= 0.3 is 6.09 Å². The molecule has 0 radical (unpaired) electrons. The molecule has 1 amide bonds. The first-order valence-corrected chi connectivity index (χ1v) is 12.0. The van der Waals surface area contributed by atoms with Crippen LogP contribution in [0.25, 0.3) is 0 Å². The van der Waals surface area contributed by atoms with E-state index in [0.717, 1.165) is 38.7 Å². The quantitative estimate of drug-likeness (QED) is 0.451. The summed E-state index contributed by atoms with van der Waals surface area (Å²) in [6.45, 7) is 9.54. The second-order valence-corrected chi connectivity index (χ2v) is 11.2. The maximum atomic E-state index is 12.9. The van der Waals surface area contributed by atoms with Crippen LogP contribution in [0.15, 0.2) is 11.6 Å². The average molecular weight is 455 g/mol. The number of rotatable bonds is 6. The van der Waals surface area contributed by atoms with Crippen LogP contribution in [0.1, 0.15) is 52.9 Å². The fourth-order valence-electron chi connectivity index (χ4n) is 6.47. The lowest BCUT2D eigenvalue weighted by Gasteiger charge is -2.47. The topological polar surface area (TPSA) is 57.8 Å². The van der Waals surface area contributed by atoms with Gasteiger partial charge in [0.15, 0.2) is 0 Å². The number of halogens is 2. The third-order valence-corrected chi connectivity index (χ3v) is 8.43. The molecule has 4 heterocycles. The van der Waals surface area contributed by atoms with Gasteiger partial charge in [-0.1, -0.05) is 11.6 Å². The van der Waals surface area contributed by atoms with Crippen LogP contribution in [0.5, 0.6) is 0 Å². The van der Waals surface area contributed by atoms with Gasteiger partial charge in [0, 0.05) is 37.5 Å². The van der Waals surface area contributed by atoms with Gasteiger partial charge in [-0.05, 0) is 52.9 Å². The summed E-state index contributed by atoms with van der Waals surface area (Å²) in [5.41, 5.74) is 0.950. The molecule has 5 aliphatic rings. The van der Waals surface area contributed by atoms with Gasteiger partial charge in [-0.15, -0.1) is 0 Å². The highest BCUT2D eigenvalue weighted by Crippen LogP contribution is 2.59. The zero-order valence-corrected chi connectivity index (χ0v) is 19.4. The lowest BCUT2D eigenvalue weighted by molar-refractivity contribution is -0.0338. The van der Waals surface area contributed by atoms with Gasteiger partial charge < -0.3 is 19.1 Å². The van der Waals surface area contributed by atoms with Crippen molar-refractivity contribution in [2.45, 2.75) is 82.7 Å². The number of allylic oxidation sites excluding steroid dienone is 1. The molecule has 0 bridgehead atoms. The van der Waals surface area contributed by atoms with Crippen molar-refractivity contribution >= 4 is 6.09 Å². The number of alkyl halides is 2. The first-order chi connectivity index (χ1) is 15.1. The zero-order valence-electron chi connectivity index (χ0n) is 19.4. The minimum absolute atomic E-state index is 0.0254. The van der Waals surface area contributed by atoms with E-state index in [2.05, 4.69) is 26.8 Å². The zero-order chi connectivity index (χ0) is 22.7. The fourth-order valence-corrected chi connectivity index (χ4v) is 6.47. The molecule has 2 spiro atoms. The summed E-state index contributed by atoms with van der Waals surface area (Å²) in [7, 11) is 0. The summed E-state index contributed by atoms with van der Waals surface area (Å²) in [6, 6.07) is 0. The number of epoxide rings is 2. The Kier molecular flexibility index (Phi) is 5.57. The molecule has 0 aromatic heterocycles. The summed E-state index contributed by atoms with van der Waals surface area (Å²) >= 11 is 0. The molecule has 32 heavy (non-hydrogen) atoms. The number of hydrogen-bond donors (Lipinski definition) is 0. The molecule has 4 aliphatic heterocycles. The van der Waals surface area contributed by atoms with E-state index in [4.69, 9.17) is 14.2 Å². The number of carbonyl (C=O) groups excluding carboxylic acids is 1. The lowest BCUT2D eigenvalue weighted by Crippen LogP contribution is -2.58. The second kappa shape index (κ2) is 7.91. The van der Waals surface area contributed by atoms with Gasteiger partial charge in [0.25, 0.3) is 6.43 Å². The van der Waals surface area contributed by atoms with E-state index in [1.165, 1.54) is 5.57 Å². The van der Waals surface area contributed by atoms with Crippen LogP contribution in [0.3, 0.4) is 0 Å². The molecule has 6 nitrogen and oxygen atoms in total. The van der Waals surface area contributed by atoms with Crippen LogP contribution in [-0.2, 0) is 14.2 Å². The Hall–Kier alpha value is -1.25. The van der Waals surface area contributed by atoms with Crippen molar-refractivity contribution < 1.29 is 27.8 Å². The third kappa shape index (κ3) is 4.18. The Bertz CT molecular complexity index is 776. The van der Waals surface area contributed by atoms with Crippen molar-refractivity contribution in [2.75, 3.05) is 39.3 Å². The summed E-state index contributed by atoms with van der Waals surface area (Å²) in [5.74, 6) is 0.233. The van der Waals surface area contributed by atoms with E-state index in [-0.39, 0.29) is 47.4 Å². The van der Waals surface area contributed by atoms with Crippen molar-refractivity contribution in [1.82, 2.24) is 9.80 Å².